The van der Waals surface area contributed by atoms with Crippen molar-refractivity contribution in [2.75, 3.05) is 19.6 Å². The Morgan fingerprint density at radius 1 is 1.05 bits per heavy atom. The van der Waals surface area contributed by atoms with E-state index in [-0.39, 0.29) is 30.9 Å². The first kappa shape index (κ1) is 17.7. The monoisotopic (exact) mass is 355 g/mol. The number of carbonyl (C=O) groups is 2. The van der Waals surface area contributed by atoms with Crippen LogP contribution in [0.1, 0.15) is 31.9 Å². The van der Waals surface area contributed by atoms with E-state index in [0.717, 1.165) is 16.5 Å². The minimum atomic E-state index is -0.184. The molecule has 5 nitrogen and oxygen atoms in total. The van der Waals surface area contributed by atoms with Crippen molar-refractivity contribution < 1.29 is 9.59 Å². The standard InChI is InChI=1S/C15H22BrN3O2/c1-3-13(11-5-7-12(16)8-6-11)18-9-15(21)19-10-14(20)17-4-2/h5-8,13,18H,3-4,9-10H2,1-2H3,(H,17,20)(H,19,21)/t13-/m0/s1. The molecule has 0 radical (unpaired) electrons. The van der Waals surface area contributed by atoms with Gasteiger partial charge in [-0.3, -0.25) is 9.59 Å². The zero-order chi connectivity index (χ0) is 15.7. The minimum Gasteiger partial charge on any atom is -0.355 e. The van der Waals surface area contributed by atoms with Crippen molar-refractivity contribution in [1.82, 2.24) is 16.0 Å². The Morgan fingerprint density at radius 2 is 1.67 bits per heavy atom. The van der Waals surface area contributed by atoms with Gasteiger partial charge >= 0.3 is 0 Å². The molecule has 21 heavy (non-hydrogen) atoms. The molecule has 0 heterocycles. The van der Waals surface area contributed by atoms with Gasteiger partial charge in [-0.25, -0.2) is 0 Å². The van der Waals surface area contributed by atoms with Gasteiger partial charge in [0, 0.05) is 17.1 Å². The van der Waals surface area contributed by atoms with E-state index in [0.29, 0.717) is 6.54 Å². The Kier molecular flexibility index (Phi) is 8.00. The first-order chi connectivity index (χ1) is 10.1. The topological polar surface area (TPSA) is 70.2 Å². The van der Waals surface area contributed by atoms with E-state index in [9.17, 15) is 9.59 Å². The second kappa shape index (κ2) is 9.52. The number of hydrogen-bond donors (Lipinski definition) is 3. The smallest absolute Gasteiger partial charge is 0.239 e. The normalized spacial score (nSPS) is 11.8. The molecule has 1 aromatic rings. The van der Waals surface area contributed by atoms with Crippen LogP contribution in [-0.2, 0) is 9.59 Å². The van der Waals surface area contributed by atoms with Crippen LogP contribution < -0.4 is 16.0 Å². The van der Waals surface area contributed by atoms with E-state index in [1.807, 2.05) is 31.2 Å². The minimum absolute atomic E-state index is 0.0173. The average molecular weight is 356 g/mol. The van der Waals surface area contributed by atoms with Crippen LogP contribution in [-0.4, -0.2) is 31.4 Å². The molecular formula is C15H22BrN3O2. The van der Waals surface area contributed by atoms with Gasteiger partial charge in [-0.05, 0) is 31.0 Å². The highest BCUT2D eigenvalue weighted by Gasteiger charge is 2.11. The van der Waals surface area contributed by atoms with Gasteiger partial charge in [0.2, 0.25) is 11.8 Å². The summed E-state index contributed by atoms with van der Waals surface area (Å²) in [6, 6.07) is 8.13. The highest BCUT2D eigenvalue weighted by atomic mass is 79.9. The summed E-state index contributed by atoms with van der Waals surface area (Å²) in [5.74, 6) is -0.359. The number of halogens is 1. The molecule has 0 aliphatic rings. The first-order valence-corrected chi connectivity index (χ1v) is 7.88. The Morgan fingerprint density at radius 3 is 2.24 bits per heavy atom. The van der Waals surface area contributed by atoms with Gasteiger partial charge in [0.15, 0.2) is 0 Å². The largest absolute Gasteiger partial charge is 0.355 e. The van der Waals surface area contributed by atoms with E-state index < -0.39 is 0 Å². The van der Waals surface area contributed by atoms with E-state index in [4.69, 9.17) is 0 Å². The van der Waals surface area contributed by atoms with Crippen molar-refractivity contribution in [2.45, 2.75) is 26.3 Å². The Bertz CT molecular complexity index is 462. The fourth-order valence-electron chi connectivity index (χ4n) is 1.91. The molecule has 0 fully saturated rings. The van der Waals surface area contributed by atoms with E-state index in [1.54, 1.807) is 0 Å². The third-order valence-electron chi connectivity index (χ3n) is 3.01. The summed E-state index contributed by atoms with van der Waals surface area (Å²) in [7, 11) is 0. The van der Waals surface area contributed by atoms with Crippen LogP contribution >= 0.6 is 15.9 Å². The summed E-state index contributed by atoms with van der Waals surface area (Å²) >= 11 is 3.40. The lowest BCUT2D eigenvalue weighted by Gasteiger charge is -2.17. The van der Waals surface area contributed by atoms with Crippen molar-refractivity contribution in [1.29, 1.82) is 0 Å². The molecule has 0 saturated heterocycles. The molecule has 2 amide bonds. The Hall–Kier alpha value is -1.40. The third-order valence-corrected chi connectivity index (χ3v) is 3.54. The van der Waals surface area contributed by atoms with Crippen molar-refractivity contribution in [3.8, 4) is 0 Å². The molecule has 3 N–H and O–H groups in total. The number of carbonyl (C=O) groups excluding carboxylic acids is 2. The lowest BCUT2D eigenvalue weighted by atomic mass is 10.0. The molecule has 0 aliphatic heterocycles. The molecule has 6 heteroatoms. The number of benzene rings is 1. The number of likely N-dealkylation sites (N-methyl/N-ethyl adjacent to an activating group) is 1. The highest BCUT2D eigenvalue weighted by Crippen LogP contribution is 2.19. The van der Waals surface area contributed by atoms with Crippen LogP contribution in [0.5, 0.6) is 0 Å². The molecule has 1 aromatic carbocycles. The summed E-state index contributed by atoms with van der Waals surface area (Å²) in [5, 5.41) is 8.42. The number of hydrogen-bond acceptors (Lipinski definition) is 3. The van der Waals surface area contributed by atoms with Gasteiger partial charge in [0.1, 0.15) is 0 Å². The summed E-state index contributed by atoms with van der Waals surface area (Å²) in [4.78, 5) is 22.9. The van der Waals surface area contributed by atoms with Gasteiger partial charge in [-0.1, -0.05) is 35.0 Å². The summed E-state index contributed by atoms with van der Waals surface area (Å²) in [5.41, 5.74) is 1.14. The maximum atomic E-state index is 11.7. The zero-order valence-electron chi connectivity index (χ0n) is 12.4. The van der Waals surface area contributed by atoms with Gasteiger partial charge in [0.05, 0.1) is 13.1 Å². The summed E-state index contributed by atoms with van der Waals surface area (Å²) in [6.07, 6.45) is 0.880. The van der Waals surface area contributed by atoms with Gasteiger partial charge in [0.25, 0.3) is 0 Å². The molecule has 1 atom stereocenters. The zero-order valence-corrected chi connectivity index (χ0v) is 14.0. The van der Waals surface area contributed by atoms with Crippen LogP contribution in [0.2, 0.25) is 0 Å². The lowest BCUT2D eigenvalue weighted by molar-refractivity contribution is -0.125. The molecule has 0 saturated carbocycles. The van der Waals surface area contributed by atoms with Gasteiger partial charge < -0.3 is 16.0 Å². The predicted octanol–water partition coefficient (Wildman–Crippen LogP) is 1.74. The van der Waals surface area contributed by atoms with E-state index in [1.165, 1.54) is 0 Å². The maximum absolute atomic E-state index is 11.7. The highest BCUT2D eigenvalue weighted by molar-refractivity contribution is 9.10. The molecular weight excluding hydrogens is 334 g/mol. The van der Waals surface area contributed by atoms with E-state index in [2.05, 4.69) is 38.8 Å². The van der Waals surface area contributed by atoms with Crippen molar-refractivity contribution in [2.24, 2.45) is 0 Å². The first-order valence-electron chi connectivity index (χ1n) is 7.09. The lowest BCUT2D eigenvalue weighted by Crippen LogP contribution is -2.41. The van der Waals surface area contributed by atoms with Crippen LogP contribution in [0.4, 0.5) is 0 Å². The maximum Gasteiger partial charge on any atom is 0.239 e. The fourth-order valence-corrected chi connectivity index (χ4v) is 2.17. The van der Waals surface area contributed by atoms with Gasteiger partial charge in [-0.15, -0.1) is 0 Å². The fraction of sp³-hybridized carbons (Fsp3) is 0.467. The predicted molar refractivity (Wildman–Crippen MR) is 86.9 cm³/mol. The average Bonchev–Trinajstić information content (AvgIpc) is 2.48. The van der Waals surface area contributed by atoms with Crippen molar-refractivity contribution in [3.63, 3.8) is 0 Å². The molecule has 0 bridgehead atoms. The number of amides is 2. The van der Waals surface area contributed by atoms with Crippen LogP contribution in [0.3, 0.4) is 0 Å². The molecule has 0 aliphatic carbocycles. The second-order valence-corrected chi connectivity index (χ2v) is 5.54. The molecule has 1 rings (SSSR count). The third kappa shape index (κ3) is 6.73. The van der Waals surface area contributed by atoms with Crippen LogP contribution in [0.15, 0.2) is 28.7 Å². The SMILES string of the molecule is CCNC(=O)CNC(=O)CN[C@@H](CC)c1ccc(Br)cc1. The number of rotatable bonds is 8. The van der Waals surface area contributed by atoms with Crippen molar-refractivity contribution >= 4 is 27.7 Å². The van der Waals surface area contributed by atoms with Gasteiger partial charge in [-0.2, -0.15) is 0 Å². The Balaban J connectivity index is 2.39. The Labute approximate surface area is 134 Å². The molecule has 116 valence electrons. The van der Waals surface area contributed by atoms with Crippen molar-refractivity contribution in [3.05, 3.63) is 34.3 Å². The molecule has 0 aromatic heterocycles. The van der Waals surface area contributed by atoms with Crippen LogP contribution in [0, 0.1) is 0 Å². The molecule has 0 unspecified atom stereocenters. The number of nitrogens with one attached hydrogen (secondary N) is 3. The second-order valence-electron chi connectivity index (χ2n) is 4.62. The summed E-state index contributed by atoms with van der Waals surface area (Å²) in [6.45, 7) is 4.67. The summed E-state index contributed by atoms with van der Waals surface area (Å²) < 4.78 is 1.03. The quantitative estimate of drug-likeness (QED) is 0.665. The molecule has 0 spiro atoms. The van der Waals surface area contributed by atoms with E-state index >= 15 is 0 Å². The van der Waals surface area contributed by atoms with Crippen LogP contribution in [0.25, 0.3) is 0 Å².